The standard InChI is InChI=1S/C19H21ClFN3O4S/c1-13(2)28-18-15(20)11-14(12-22-18)19(25)23-7-9-24(10-8-23)29(26,27)17-6-4-3-5-16(17)21/h3-6,11-13H,7-10H2,1-2H3. The van der Waals surface area contributed by atoms with Crippen LogP contribution in [0.5, 0.6) is 5.88 Å². The van der Waals surface area contributed by atoms with Gasteiger partial charge in [-0.2, -0.15) is 4.31 Å². The Bertz CT molecular complexity index is 1010. The predicted octanol–water partition coefficient (Wildman–Crippen LogP) is 2.81. The monoisotopic (exact) mass is 441 g/mol. The number of benzene rings is 1. The number of pyridine rings is 1. The molecule has 0 atom stereocenters. The molecule has 1 fully saturated rings. The third kappa shape index (κ3) is 4.68. The number of sulfonamides is 1. The maximum Gasteiger partial charge on any atom is 0.255 e. The number of rotatable bonds is 5. The van der Waals surface area contributed by atoms with E-state index in [0.29, 0.717) is 0 Å². The van der Waals surface area contributed by atoms with Gasteiger partial charge in [0, 0.05) is 32.4 Å². The number of aromatic nitrogens is 1. The number of halogens is 2. The van der Waals surface area contributed by atoms with Gasteiger partial charge in [-0.25, -0.2) is 17.8 Å². The minimum absolute atomic E-state index is 0.0676. The average molecular weight is 442 g/mol. The minimum atomic E-state index is -3.96. The third-order valence-corrected chi connectivity index (χ3v) is 6.58. The first-order valence-corrected chi connectivity index (χ1v) is 10.9. The fourth-order valence-electron chi connectivity index (χ4n) is 2.96. The van der Waals surface area contributed by atoms with Gasteiger partial charge in [-0.3, -0.25) is 4.79 Å². The Morgan fingerprint density at radius 2 is 1.86 bits per heavy atom. The van der Waals surface area contributed by atoms with Crippen molar-refractivity contribution in [1.29, 1.82) is 0 Å². The van der Waals surface area contributed by atoms with Gasteiger partial charge in [0.2, 0.25) is 15.9 Å². The molecule has 0 unspecified atom stereocenters. The van der Waals surface area contributed by atoms with Gasteiger partial charge in [0.1, 0.15) is 15.7 Å². The summed E-state index contributed by atoms with van der Waals surface area (Å²) < 4.78 is 45.9. The van der Waals surface area contributed by atoms with Crippen LogP contribution in [0.1, 0.15) is 24.2 Å². The van der Waals surface area contributed by atoms with Gasteiger partial charge in [-0.15, -0.1) is 0 Å². The van der Waals surface area contributed by atoms with E-state index in [2.05, 4.69) is 4.98 Å². The number of carbonyl (C=O) groups excluding carboxylic acids is 1. The van der Waals surface area contributed by atoms with E-state index in [1.165, 1.54) is 39.7 Å². The van der Waals surface area contributed by atoms with E-state index in [1.54, 1.807) is 0 Å². The second-order valence-electron chi connectivity index (χ2n) is 6.80. The number of hydrogen-bond donors (Lipinski definition) is 0. The molecule has 2 aromatic rings. The van der Waals surface area contributed by atoms with Crippen LogP contribution in [0.4, 0.5) is 4.39 Å². The zero-order chi connectivity index (χ0) is 21.2. The van der Waals surface area contributed by atoms with E-state index in [9.17, 15) is 17.6 Å². The molecule has 10 heteroatoms. The van der Waals surface area contributed by atoms with Crippen LogP contribution in [-0.4, -0.2) is 60.8 Å². The van der Waals surface area contributed by atoms with E-state index in [1.807, 2.05) is 13.8 Å². The van der Waals surface area contributed by atoms with Crippen LogP contribution in [-0.2, 0) is 10.0 Å². The molecule has 0 bridgehead atoms. The Morgan fingerprint density at radius 3 is 2.45 bits per heavy atom. The largest absolute Gasteiger partial charge is 0.474 e. The normalized spacial score (nSPS) is 15.6. The second kappa shape index (κ2) is 8.64. The molecule has 29 heavy (non-hydrogen) atoms. The van der Waals surface area contributed by atoms with Crippen molar-refractivity contribution in [3.63, 3.8) is 0 Å². The van der Waals surface area contributed by atoms with E-state index < -0.39 is 15.8 Å². The highest BCUT2D eigenvalue weighted by atomic mass is 35.5. The summed E-state index contributed by atoms with van der Waals surface area (Å²) in [5, 5.41) is 0.227. The first-order chi connectivity index (χ1) is 13.7. The smallest absolute Gasteiger partial charge is 0.255 e. The molecule has 1 aliphatic heterocycles. The van der Waals surface area contributed by atoms with Crippen LogP contribution < -0.4 is 4.74 Å². The van der Waals surface area contributed by atoms with Gasteiger partial charge in [-0.05, 0) is 32.0 Å². The van der Waals surface area contributed by atoms with Crippen LogP contribution in [0, 0.1) is 5.82 Å². The number of amides is 1. The van der Waals surface area contributed by atoms with Crippen LogP contribution in [0.15, 0.2) is 41.4 Å². The van der Waals surface area contributed by atoms with Crippen molar-refractivity contribution in [1.82, 2.24) is 14.2 Å². The average Bonchev–Trinajstić information content (AvgIpc) is 2.69. The van der Waals surface area contributed by atoms with Crippen LogP contribution >= 0.6 is 11.6 Å². The number of ether oxygens (including phenoxy) is 1. The summed E-state index contributed by atoms with van der Waals surface area (Å²) in [6.07, 6.45) is 1.28. The molecule has 0 N–H and O–H groups in total. The summed E-state index contributed by atoms with van der Waals surface area (Å²) in [7, 11) is -3.96. The van der Waals surface area contributed by atoms with Crippen molar-refractivity contribution in [3.8, 4) is 5.88 Å². The lowest BCUT2D eigenvalue weighted by Crippen LogP contribution is -2.50. The summed E-state index contributed by atoms with van der Waals surface area (Å²) in [5.74, 6) is -0.854. The van der Waals surface area contributed by atoms with Crippen molar-refractivity contribution in [2.45, 2.75) is 24.8 Å². The zero-order valence-corrected chi connectivity index (χ0v) is 17.6. The fourth-order valence-corrected chi connectivity index (χ4v) is 4.66. The predicted molar refractivity (Wildman–Crippen MR) is 106 cm³/mol. The topological polar surface area (TPSA) is 79.8 Å². The molecule has 1 aromatic carbocycles. The van der Waals surface area contributed by atoms with Crippen LogP contribution in [0.3, 0.4) is 0 Å². The fraction of sp³-hybridized carbons (Fsp3) is 0.368. The van der Waals surface area contributed by atoms with Gasteiger partial charge in [-0.1, -0.05) is 23.7 Å². The van der Waals surface area contributed by atoms with E-state index >= 15 is 0 Å². The minimum Gasteiger partial charge on any atom is -0.474 e. The van der Waals surface area contributed by atoms with Gasteiger partial charge in [0.05, 0.1) is 11.7 Å². The molecule has 1 saturated heterocycles. The molecular formula is C19H21ClFN3O4S. The first-order valence-electron chi connectivity index (χ1n) is 9.06. The van der Waals surface area contributed by atoms with Crippen LogP contribution in [0.25, 0.3) is 0 Å². The molecule has 1 aromatic heterocycles. The molecule has 156 valence electrons. The summed E-state index contributed by atoms with van der Waals surface area (Å²) >= 11 is 6.14. The molecule has 0 saturated carbocycles. The van der Waals surface area contributed by atoms with Crippen molar-refractivity contribution < 1.29 is 22.3 Å². The Kier molecular flexibility index (Phi) is 6.40. The molecule has 0 spiro atoms. The Labute approximate surface area is 174 Å². The highest BCUT2D eigenvalue weighted by Gasteiger charge is 2.32. The van der Waals surface area contributed by atoms with E-state index in [0.717, 1.165) is 6.07 Å². The lowest BCUT2D eigenvalue weighted by atomic mass is 10.2. The molecule has 7 nitrogen and oxygen atoms in total. The maximum atomic E-state index is 13.9. The number of hydrogen-bond acceptors (Lipinski definition) is 5. The third-order valence-electron chi connectivity index (χ3n) is 4.38. The molecular weight excluding hydrogens is 421 g/mol. The second-order valence-corrected chi connectivity index (χ2v) is 9.12. The molecule has 0 radical (unpaired) electrons. The van der Waals surface area contributed by atoms with Crippen molar-refractivity contribution in [2.24, 2.45) is 0 Å². The number of carbonyl (C=O) groups is 1. The molecule has 0 aliphatic carbocycles. The van der Waals surface area contributed by atoms with Gasteiger partial charge in [0.25, 0.3) is 5.91 Å². The lowest BCUT2D eigenvalue weighted by Gasteiger charge is -2.34. The summed E-state index contributed by atoms with van der Waals surface area (Å²) in [4.78, 5) is 18.0. The summed E-state index contributed by atoms with van der Waals surface area (Å²) in [6, 6.07) is 6.73. The highest BCUT2D eigenvalue weighted by molar-refractivity contribution is 7.89. The molecule has 1 amide bonds. The van der Waals surface area contributed by atoms with Gasteiger partial charge >= 0.3 is 0 Å². The SMILES string of the molecule is CC(C)Oc1ncc(C(=O)N2CCN(S(=O)(=O)c3ccccc3F)CC2)cc1Cl. The number of nitrogens with zero attached hydrogens (tertiary/aromatic N) is 3. The Hall–Kier alpha value is -2.23. The van der Waals surface area contributed by atoms with Gasteiger partial charge in [0.15, 0.2) is 0 Å². The molecule has 3 rings (SSSR count). The highest BCUT2D eigenvalue weighted by Crippen LogP contribution is 2.25. The quantitative estimate of drug-likeness (QED) is 0.712. The van der Waals surface area contributed by atoms with Crippen LogP contribution in [0.2, 0.25) is 5.02 Å². The Balaban J connectivity index is 1.68. The van der Waals surface area contributed by atoms with E-state index in [4.69, 9.17) is 16.3 Å². The van der Waals surface area contributed by atoms with Gasteiger partial charge < -0.3 is 9.64 Å². The van der Waals surface area contributed by atoms with Crippen molar-refractivity contribution in [3.05, 3.63) is 52.9 Å². The van der Waals surface area contributed by atoms with Crippen molar-refractivity contribution in [2.75, 3.05) is 26.2 Å². The Morgan fingerprint density at radius 1 is 1.21 bits per heavy atom. The lowest BCUT2D eigenvalue weighted by molar-refractivity contribution is 0.0697. The first kappa shape index (κ1) is 21.5. The molecule has 1 aliphatic rings. The maximum absolute atomic E-state index is 13.9. The van der Waals surface area contributed by atoms with Crippen molar-refractivity contribution >= 4 is 27.5 Å². The summed E-state index contributed by atoms with van der Waals surface area (Å²) in [5.41, 5.74) is 0.288. The number of piperazine rings is 1. The summed E-state index contributed by atoms with van der Waals surface area (Å²) in [6.45, 7) is 4.16. The van der Waals surface area contributed by atoms with E-state index in [-0.39, 0.29) is 59.6 Å². The zero-order valence-electron chi connectivity index (χ0n) is 16.0. The molecule has 2 heterocycles.